The minimum atomic E-state index is -2.73. The number of phenols is 1. The Labute approximate surface area is 156 Å². The SMILES string of the molecule is Cc1ccc(-c2nnc(N3CCO[C@@H]4CCNC[C@@H]43)cc2C(F)F)c(O)c1. The van der Waals surface area contributed by atoms with Crippen molar-refractivity contribution in [2.45, 2.75) is 31.9 Å². The van der Waals surface area contributed by atoms with Crippen molar-refractivity contribution in [3.05, 3.63) is 35.4 Å². The summed E-state index contributed by atoms with van der Waals surface area (Å²) in [7, 11) is 0. The average molecular weight is 376 g/mol. The number of ether oxygens (including phenoxy) is 1. The minimum absolute atomic E-state index is 0.0119. The van der Waals surface area contributed by atoms with E-state index in [1.807, 2.05) is 11.8 Å². The number of fused-ring (bicyclic) bond motifs is 1. The maximum absolute atomic E-state index is 13.8. The van der Waals surface area contributed by atoms with Crippen LogP contribution in [0.25, 0.3) is 11.3 Å². The van der Waals surface area contributed by atoms with Gasteiger partial charge in [0.1, 0.15) is 11.4 Å². The lowest BCUT2D eigenvalue weighted by molar-refractivity contribution is -0.00379. The zero-order valence-electron chi connectivity index (χ0n) is 15.0. The second kappa shape index (κ2) is 7.36. The quantitative estimate of drug-likeness (QED) is 0.858. The van der Waals surface area contributed by atoms with Crippen LogP contribution in [0.1, 0.15) is 24.0 Å². The Morgan fingerprint density at radius 1 is 1.30 bits per heavy atom. The molecule has 0 aliphatic carbocycles. The zero-order chi connectivity index (χ0) is 19.0. The van der Waals surface area contributed by atoms with Crippen LogP contribution in [0.2, 0.25) is 0 Å². The molecule has 2 saturated heterocycles. The van der Waals surface area contributed by atoms with E-state index in [1.54, 1.807) is 12.1 Å². The topological polar surface area (TPSA) is 70.5 Å². The van der Waals surface area contributed by atoms with Gasteiger partial charge in [-0.15, -0.1) is 10.2 Å². The van der Waals surface area contributed by atoms with Gasteiger partial charge in [-0.25, -0.2) is 8.78 Å². The molecule has 8 heteroatoms. The Morgan fingerprint density at radius 3 is 2.93 bits per heavy atom. The van der Waals surface area contributed by atoms with Crippen molar-refractivity contribution < 1.29 is 18.6 Å². The number of aryl methyl sites for hydroxylation is 1. The van der Waals surface area contributed by atoms with Crippen LogP contribution in [0.15, 0.2) is 24.3 Å². The first kappa shape index (κ1) is 18.1. The van der Waals surface area contributed by atoms with Crippen LogP contribution in [0, 0.1) is 6.92 Å². The highest BCUT2D eigenvalue weighted by Gasteiger charge is 2.35. The van der Waals surface area contributed by atoms with Crippen LogP contribution < -0.4 is 10.2 Å². The summed E-state index contributed by atoms with van der Waals surface area (Å²) in [5, 5.41) is 21.8. The number of nitrogens with zero attached hydrogens (tertiary/aromatic N) is 3. The van der Waals surface area contributed by atoms with Gasteiger partial charge in [0.2, 0.25) is 0 Å². The number of benzene rings is 1. The van der Waals surface area contributed by atoms with Crippen molar-refractivity contribution in [1.82, 2.24) is 15.5 Å². The molecule has 27 heavy (non-hydrogen) atoms. The molecule has 2 fully saturated rings. The lowest BCUT2D eigenvalue weighted by Gasteiger charge is -2.44. The molecule has 0 amide bonds. The largest absolute Gasteiger partial charge is 0.507 e. The molecular weight excluding hydrogens is 354 g/mol. The van der Waals surface area contributed by atoms with Gasteiger partial charge in [0, 0.05) is 24.2 Å². The first-order chi connectivity index (χ1) is 13.0. The molecule has 2 atom stereocenters. The van der Waals surface area contributed by atoms with Gasteiger partial charge in [0.15, 0.2) is 5.82 Å². The third-order valence-corrected chi connectivity index (χ3v) is 5.20. The summed E-state index contributed by atoms with van der Waals surface area (Å²) in [5.74, 6) is 0.338. The molecule has 0 radical (unpaired) electrons. The van der Waals surface area contributed by atoms with Gasteiger partial charge in [0.05, 0.1) is 18.8 Å². The molecule has 0 bridgehead atoms. The van der Waals surface area contributed by atoms with Crippen molar-refractivity contribution >= 4 is 5.82 Å². The average Bonchev–Trinajstić information content (AvgIpc) is 2.67. The second-order valence-corrected chi connectivity index (χ2v) is 6.99. The summed E-state index contributed by atoms with van der Waals surface area (Å²) < 4.78 is 33.4. The number of anilines is 1. The number of nitrogens with one attached hydrogen (secondary N) is 1. The van der Waals surface area contributed by atoms with E-state index in [-0.39, 0.29) is 34.7 Å². The first-order valence-corrected chi connectivity index (χ1v) is 9.09. The van der Waals surface area contributed by atoms with E-state index in [9.17, 15) is 13.9 Å². The lowest BCUT2D eigenvalue weighted by atomic mass is 9.99. The molecule has 2 N–H and O–H groups in total. The van der Waals surface area contributed by atoms with Crippen LogP contribution in [-0.4, -0.2) is 53.7 Å². The van der Waals surface area contributed by atoms with Crippen LogP contribution in [0.3, 0.4) is 0 Å². The molecule has 1 aromatic heterocycles. The Morgan fingerprint density at radius 2 is 2.15 bits per heavy atom. The van der Waals surface area contributed by atoms with E-state index in [2.05, 4.69) is 15.5 Å². The number of rotatable bonds is 3. The fourth-order valence-electron chi connectivity index (χ4n) is 3.83. The molecule has 0 unspecified atom stereocenters. The smallest absolute Gasteiger partial charge is 0.266 e. The van der Waals surface area contributed by atoms with E-state index in [1.165, 1.54) is 12.1 Å². The number of hydrogen-bond acceptors (Lipinski definition) is 6. The molecule has 3 heterocycles. The number of piperidine rings is 1. The van der Waals surface area contributed by atoms with Crippen molar-refractivity contribution in [2.75, 3.05) is 31.1 Å². The summed E-state index contributed by atoms with van der Waals surface area (Å²) in [6.07, 6.45) is -1.78. The lowest BCUT2D eigenvalue weighted by Crippen LogP contribution is -2.59. The van der Waals surface area contributed by atoms with Gasteiger partial charge in [-0.1, -0.05) is 6.07 Å². The van der Waals surface area contributed by atoms with Crippen LogP contribution in [0.4, 0.5) is 14.6 Å². The molecule has 144 valence electrons. The summed E-state index contributed by atoms with van der Waals surface area (Å²) in [6, 6.07) is 6.31. The van der Waals surface area contributed by atoms with Gasteiger partial charge in [-0.3, -0.25) is 0 Å². The Balaban J connectivity index is 1.72. The van der Waals surface area contributed by atoms with E-state index in [4.69, 9.17) is 4.74 Å². The van der Waals surface area contributed by atoms with Crippen LogP contribution >= 0.6 is 0 Å². The number of aromatic hydroxyl groups is 1. The summed E-state index contributed by atoms with van der Waals surface area (Å²) >= 11 is 0. The molecule has 1 aromatic carbocycles. The number of aromatic nitrogens is 2. The molecule has 2 aliphatic rings. The van der Waals surface area contributed by atoms with Gasteiger partial charge in [-0.05, 0) is 43.7 Å². The molecule has 2 aliphatic heterocycles. The van der Waals surface area contributed by atoms with Crippen LogP contribution in [0.5, 0.6) is 5.75 Å². The minimum Gasteiger partial charge on any atom is -0.507 e. The van der Waals surface area contributed by atoms with Crippen molar-refractivity contribution in [1.29, 1.82) is 0 Å². The predicted octanol–water partition coefficient (Wildman–Crippen LogP) is 2.66. The van der Waals surface area contributed by atoms with E-state index >= 15 is 0 Å². The number of halogens is 2. The Hall–Kier alpha value is -2.32. The maximum atomic E-state index is 13.8. The van der Waals surface area contributed by atoms with E-state index in [0.29, 0.717) is 19.0 Å². The monoisotopic (exact) mass is 376 g/mol. The highest BCUT2D eigenvalue weighted by atomic mass is 19.3. The highest BCUT2D eigenvalue weighted by molar-refractivity contribution is 5.71. The van der Waals surface area contributed by atoms with Gasteiger partial charge in [0.25, 0.3) is 6.43 Å². The first-order valence-electron chi connectivity index (χ1n) is 9.09. The standard InChI is InChI=1S/C19H22F2N4O2/c1-11-2-3-12(15(26)8-11)18-13(19(20)21)9-17(23-24-18)25-6-7-27-16-4-5-22-10-14(16)25/h2-3,8-9,14,16,19,22,26H,4-7,10H2,1H3/t14-,16+/m0/s1. The number of morpholine rings is 1. The maximum Gasteiger partial charge on any atom is 0.266 e. The fourth-order valence-corrected chi connectivity index (χ4v) is 3.83. The molecule has 0 saturated carbocycles. The Bertz CT molecular complexity index is 831. The number of hydrogen-bond donors (Lipinski definition) is 2. The van der Waals surface area contributed by atoms with Gasteiger partial charge in [-0.2, -0.15) is 0 Å². The van der Waals surface area contributed by atoms with E-state index in [0.717, 1.165) is 25.1 Å². The number of phenolic OH excluding ortho intramolecular Hbond substituents is 1. The molecule has 0 spiro atoms. The molecule has 2 aromatic rings. The van der Waals surface area contributed by atoms with Gasteiger partial charge >= 0.3 is 0 Å². The predicted molar refractivity (Wildman–Crippen MR) is 97.2 cm³/mol. The van der Waals surface area contributed by atoms with Crippen molar-refractivity contribution in [3.63, 3.8) is 0 Å². The number of alkyl halides is 2. The Kier molecular flexibility index (Phi) is 4.92. The van der Waals surface area contributed by atoms with Crippen molar-refractivity contribution in [3.8, 4) is 17.0 Å². The molecule has 4 rings (SSSR count). The normalized spacial score (nSPS) is 22.7. The molecule has 6 nitrogen and oxygen atoms in total. The van der Waals surface area contributed by atoms with Crippen molar-refractivity contribution in [2.24, 2.45) is 0 Å². The van der Waals surface area contributed by atoms with Crippen LogP contribution in [-0.2, 0) is 4.74 Å². The van der Waals surface area contributed by atoms with E-state index < -0.39 is 6.43 Å². The fraction of sp³-hybridized carbons (Fsp3) is 0.474. The van der Waals surface area contributed by atoms with Gasteiger partial charge < -0.3 is 20.1 Å². The third-order valence-electron chi connectivity index (χ3n) is 5.20. The second-order valence-electron chi connectivity index (χ2n) is 6.99. The zero-order valence-corrected chi connectivity index (χ0v) is 15.0. The molecular formula is C19H22F2N4O2. The summed E-state index contributed by atoms with van der Waals surface area (Å²) in [5.41, 5.74) is 0.876. The summed E-state index contributed by atoms with van der Waals surface area (Å²) in [6.45, 7) is 4.54. The highest BCUT2D eigenvalue weighted by Crippen LogP contribution is 2.36. The summed E-state index contributed by atoms with van der Waals surface area (Å²) in [4.78, 5) is 2.00. The third kappa shape index (κ3) is 3.46.